The standard InChI is InChI=1S/C38H47FN6O5S/c1-6-44-32-18-29(39)26-17-25(32)28(36(44)27-16-24(43-12-14-49-15-13-43)20-40-35(27)23(2)48-5)19-38(3,4)22-50-37(47)30-8-7-11-45(42-30)34(46)10-9-33-41-31(26)21-51-33/h16-18,20-21,23,30,42H,6-15,19,22H2,1-5H3. The average molecular weight is 719 g/mol. The highest BCUT2D eigenvalue weighted by Crippen LogP contribution is 2.43. The lowest BCUT2D eigenvalue weighted by molar-refractivity contribution is -0.154. The fourth-order valence-electron chi connectivity index (χ4n) is 7.47. The number of aromatic nitrogens is 3. The maximum atomic E-state index is 16.3. The lowest BCUT2D eigenvalue weighted by Crippen LogP contribution is -2.55. The molecule has 2 atom stereocenters. The molecule has 7 rings (SSSR count). The Morgan fingerprint density at radius 2 is 1.94 bits per heavy atom. The third-order valence-electron chi connectivity index (χ3n) is 10.3. The summed E-state index contributed by atoms with van der Waals surface area (Å²) in [6.07, 6.45) is 4.06. The fourth-order valence-corrected chi connectivity index (χ4v) is 8.27. The monoisotopic (exact) mass is 718 g/mol. The number of hydrazine groups is 1. The number of fused-ring (bicyclic) bond motifs is 6. The van der Waals surface area contributed by atoms with Crippen molar-refractivity contribution in [2.75, 3.05) is 51.5 Å². The molecule has 0 aliphatic carbocycles. The first kappa shape index (κ1) is 35.5. The molecule has 0 saturated carbocycles. The molecule has 13 heteroatoms. The number of carbonyl (C=O) groups is 2. The summed E-state index contributed by atoms with van der Waals surface area (Å²) in [5.41, 5.74) is 9.00. The molecular formula is C38H47FN6O5S. The van der Waals surface area contributed by atoms with Gasteiger partial charge in [-0.1, -0.05) is 13.8 Å². The summed E-state index contributed by atoms with van der Waals surface area (Å²) in [5, 5.41) is 5.07. The molecule has 4 aromatic rings. The molecule has 2 saturated heterocycles. The Kier molecular flexibility index (Phi) is 10.2. The van der Waals surface area contributed by atoms with Crippen molar-refractivity contribution in [3.05, 3.63) is 51.9 Å². The van der Waals surface area contributed by atoms with E-state index in [1.165, 1.54) is 16.3 Å². The predicted molar refractivity (Wildman–Crippen MR) is 195 cm³/mol. The van der Waals surface area contributed by atoms with E-state index in [1.807, 2.05) is 24.6 Å². The Hall–Kier alpha value is -3.91. The second-order valence-electron chi connectivity index (χ2n) is 14.5. The molecule has 1 amide bonds. The van der Waals surface area contributed by atoms with Crippen LogP contribution in [0.2, 0.25) is 0 Å². The van der Waals surface area contributed by atoms with E-state index in [2.05, 4.69) is 41.7 Å². The van der Waals surface area contributed by atoms with Crippen LogP contribution < -0.4 is 10.3 Å². The summed E-state index contributed by atoms with van der Waals surface area (Å²) >= 11 is 1.43. The molecule has 3 aliphatic heterocycles. The van der Waals surface area contributed by atoms with E-state index in [4.69, 9.17) is 24.2 Å². The van der Waals surface area contributed by atoms with E-state index in [9.17, 15) is 9.59 Å². The highest BCUT2D eigenvalue weighted by molar-refractivity contribution is 7.09. The van der Waals surface area contributed by atoms with Gasteiger partial charge in [-0.2, -0.15) is 0 Å². The number of morpholine rings is 1. The van der Waals surface area contributed by atoms with Gasteiger partial charge in [0.05, 0.1) is 65.4 Å². The first-order valence-electron chi connectivity index (χ1n) is 17.9. The number of methoxy groups -OCH3 is 1. The van der Waals surface area contributed by atoms with Crippen LogP contribution >= 0.6 is 11.3 Å². The van der Waals surface area contributed by atoms with Crippen LogP contribution in [-0.4, -0.2) is 84.0 Å². The normalized spacial score (nSPS) is 20.7. The van der Waals surface area contributed by atoms with Crippen LogP contribution in [-0.2, 0) is 43.2 Å². The number of amides is 1. The SMILES string of the molecule is CCn1c(-c2cc(N3CCOCC3)cnc2C(C)OC)c2c3cc(c(F)cc31)-c1csc(n1)CCC(=O)N1CCCC(N1)C(=O)OCC(C)(C)C2. The summed E-state index contributed by atoms with van der Waals surface area (Å²) in [7, 11) is 1.68. The maximum Gasteiger partial charge on any atom is 0.324 e. The van der Waals surface area contributed by atoms with E-state index in [1.54, 1.807) is 13.2 Å². The van der Waals surface area contributed by atoms with Crippen molar-refractivity contribution in [3.63, 3.8) is 0 Å². The minimum Gasteiger partial charge on any atom is -0.464 e. The minimum absolute atomic E-state index is 0.106. The molecule has 11 nitrogen and oxygen atoms in total. The molecule has 6 bridgehead atoms. The molecule has 272 valence electrons. The summed E-state index contributed by atoms with van der Waals surface area (Å²) in [6, 6.07) is 5.13. The van der Waals surface area contributed by atoms with E-state index < -0.39 is 11.5 Å². The fraction of sp³-hybridized carbons (Fsp3) is 0.526. The van der Waals surface area contributed by atoms with E-state index in [-0.39, 0.29) is 36.8 Å². The third-order valence-corrected chi connectivity index (χ3v) is 11.2. The molecular weight excluding hydrogens is 672 g/mol. The average Bonchev–Trinajstić information content (AvgIpc) is 3.73. The second-order valence-corrected chi connectivity index (χ2v) is 15.4. The zero-order chi connectivity index (χ0) is 35.9. The number of anilines is 1. The summed E-state index contributed by atoms with van der Waals surface area (Å²) in [6.45, 7) is 12.3. The Balaban J connectivity index is 1.43. The number of hydrogen-bond donors (Lipinski definition) is 1. The Morgan fingerprint density at radius 1 is 1.14 bits per heavy atom. The van der Waals surface area contributed by atoms with Gasteiger partial charge in [-0.15, -0.1) is 11.3 Å². The Labute approximate surface area is 302 Å². The zero-order valence-corrected chi connectivity index (χ0v) is 30.9. The molecule has 2 fully saturated rings. The number of halogens is 1. The number of rotatable bonds is 5. The van der Waals surface area contributed by atoms with Gasteiger partial charge < -0.3 is 23.7 Å². The smallest absolute Gasteiger partial charge is 0.324 e. The van der Waals surface area contributed by atoms with E-state index >= 15 is 4.39 Å². The van der Waals surface area contributed by atoms with Crippen LogP contribution in [0.5, 0.6) is 0 Å². The van der Waals surface area contributed by atoms with Gasteiger partial charge in [0, 0.05) is 73.4 Å². The van der Waals surface area contributed by atoms with E-state index in [0.29, 0.717) is 63.2 Å². The number of ether oxygens (including phenoxy) is 3. The number of cyclic esters (lactones) is 1. The van der Waals surface area contributed by atoms with Crippen molar-refractivity contribution in [2.24, 2.45) is 5.41 Å². The van der Waals surface area contributed by atoms with Crippen LogP contribution in [0.4, 0.5) is 10.1 Å². The van der Waals surface area contributed by atoms with Crippen molar-refractivity contribution >= 4 is 39.8 Å². The predicted octanol–water partition coefficient (Wildman–Crippen LogP) is 6.08. The quantitative estimate of drug-likeness (QED) is 0.246. The van der Waals surface area contributed by atoms with Gasteiger partial charge in [0.2, 0.25) is 5.91 Å². The van der Waals surface area contributed by atoms with Crippen LogP contribution in [0.15, 0.2) is 29.8 Å². The van der Waals surface area contributed by atoms with Gasteiger partial charge in [0.15, 0.2) is 0 Å². The van der Waals surface area contributed by atoms with Crippen LogP contribution in [0.3, 0.4) is 0 Å². The van der Waals surface area contributed by atoms with Crippen molar-refractivity contribution in [2.45, 2.75) is 78.5 Å². The van der Waals surface area contributed by atoms with Gasteiger partial charge in [0.1, 0.15) is 11.9 Å². The lowest BCUT2D eigenvalue weighted by atomic mass is 9.84. The maximum absolute atomic E-state index is 16.3. The Morgan fingerprint density at radius 3 is 2.71 bits per heavy atom. The highest BCUT2D eigenvalue weighted by atomic mass is 32.1. The number of aryl methyl sites for hydroxylation is 2. The molecule has 1 N–H and O–H groups in total. The summed E-state index contributed by atoms with van der Waals surface area (Å²) in [4.78, 5) is 38.6. The van der Waals surface area contributed by atoms with Gasteiger partial charge in [-0.05, 0) is 56.9 Å². The molecule has 0 radical (unpaired) electrons. The van der Waals surface area contributed by atoms with Crippen molar-refractivity contribution in [3.8, 4) is 22.5 Å². The number of hydrogen-bond acceptors (Lipinski definition) is 10. The zero-order valence-electron chi connectivity index (χ0n) is 30.1. The second kappa shape index (κ2) is 14.6. The highest BCUT2D eigenvalue weighted by Gasteiger charge is 2.33. The first-order chi connectivity index (χ1) is 24.6. The number of pyridine rings is 1. The van der Waals surface area contributed by atoms with E-state index in [0.717, 1.165) is 57.2 Å². The number of nitrogens with one attached hydrogen (secondary N) is 1. The topological polar surface area (TPSA) is 111 Å². The molecule has 51 heavy (non-hydrogen) atoms. The lowest BCUT2D eigenvalue weighted by Gasteiger charge is -2.33. The van der Waals surface area contributed by atoms with Crippen LogP contribution in [0, 0.1) is 11.2 Å². The van der Waals surface area contributed by atoms with Gasteiger partial charge >= 0.3 is 5.97 Å². The number of thiazole rings is 1. The molecule has 0 spiro atoms. The Bertz CT molecular complexity index is 1930. The number of benzene rings is 1. The van der Waals surface area contributed by atoms with Gasteiger partial charge in [-0.3, -0.25) is 19.6 Å². The van der Waals surface area contributed by atoms with Gasteiger partial charge in [-0.25, -0.2) is 14.8 Å². The first-order valence-corrected chi connectivity index (χ1v) is 18.8. The van der Waals surface area contributed by atoms with Crippen molar-refractivity contribution in [1.29, 1.82) is 0 Å². The largest absolute Gasteiger partial charge is 0.464 e. The van der Waals surface area contributed by atoms with Crippen LogP contribution in [0.25, 0.3) is 33.4 Å². The molecule has 3 aliphatic rings. The molecule has 6 heterocycles. The molecule has 3 aromatic heterocycles. The summed E-state index contributed by atoms with van der Waals surface area (Å²) in [5.74, 6) is -0.839. The summed E-state index contributed by atoms with van der Waals surface area (Å²) < 4.78 is 36.0. The van der Waals surface area contributed by atoms with Crippen molar-refractivity contribution < 1.29 is 28.2 Å². The minimum atomic E-state index is -0.598. The number of nitrogens with zero attached hydrogens (tertiary/aromatic N) is 5. The van der Waals surface area contributed by atoms with Crippen LogP contribution in [0.1, 0.15) is 69.3 Å². The van der Waals surface area contributed by atoms with Crippen molar-refractivity contribution in [1.82, 2.24) is 25.0 Å². The number of esters is 1. The molecule has 2 unspecified atom stereocenters. The third kappa shape index (κ3) is 7.13. The van der Waals surface area contributed by atoms with Gasteiger partial charge in [0.25, 0.3) is 0 Å². The number of carbonyl (C=O) groups excluding carboxylic acids is 2. The molecule has 1 aromatic carbocycles.